The van der Waals surface area contributed by atoms with Crippen molar-refractivity contribution in [3.05, 3.63) is 35.9 Å². The molecule has 1 unspecified atom stereocenters. The van der Waals surface area contributed by atoms with Gasteiger partial charge in [0.25, 0.3) is 0 Å². The van der Waals surface area contributed by atoms with Crippen LogP contribution in [0.2, 0.25) is 0 Å². The number of hydrogen-bond acceptors (Lipinski definition) is 3. The van der Waals surface area contributed by atoms with Gasteiger partial charge >= 0.3 is 5.97 Å². The number of rotatable bonds is 5. The van der Waals surface area contributed by atoms with Gasteiger partial charge in [0.1, 0.15) is 6.61 Å². The van der Waals surface area contributed by atoms with Crippen LogP contribution in [0.4, 0.5) is 0 Å². The number of alkyl halides is 1. The summed E-state index contributed by atoms with van der Waals surface area (Å²) in [4.78, 5) is 11.3. The van der Waals surface area contributed by atoms with Gasteiger partial charge in [0, 0.05) is 4.43 Å². The third kappa shape index (κ3) is 5.13. The van der Waals surface area contributed by atoms with Gasteiger partial charge in [-0.15, -0.1) is 0 Å². The molecule has 15 heavy (non-hydrogen) atoms. The Hall–Kier alpha value is -0.620. The molecule has 0 heterocycles. The van der Waals surface area contributed by atoms with Gasteiger partial charge in [-0.05, 0) is 5.56 Å². The fourth-order valence-electron chi connectivity index (χ4n) is 1.05. The van der Waals surface area contributed by atoms with E-state index in [1.807, 2.05) is 52.9 Å². The fourth-order valence-corrected chi connectivity index (χ4v) is 1.30. The minimum atomic E-state index is -0.565. The Morgan fingerprint density at radius 3 is 2.67 bits per heavy atom. The van der Waals surface area contributed by atoms with Crippen molar-refractivity contribution in [2.75, 3.05) is 11.0 Å². The first-order valence-corrected chi connectivity index (χ1v) is 6.18. The lowest BCUT2D eigenvalue weighted by molar-refractivity contribution is -0.145. The normalized spacial score (nSPS) is 12.1. The summed E-state index contributed by atoms with van der Waals surface area (Å²) >= 11 is 2.04. The van der Waals surface area contributed by atoms with E-state index in [1.54, 1.807) is 0 Å². The molecule has 1 N–H and O–H groups in total. The second-order valence-electron chi connectivity index (χ2n) is 3.15. The average molecular weight is 320 g/mol. The molecule has 0 saturated carbocycles. The molecule has 0 bridgehead atoms. The zero-order valence-electron chi connectivity index (χ0n) is 8.23. The molecule has 0 spiro atoms. The topological polar surface area (TPSA) is 46.5 Å². The van der Waals surface area contributed by atoms with E-state index in [9.17, 15) is 9.90 Å². The minimum Gasteiger partial charge on any atom is -0.463 e. The van der Waals surface area contributed by atoms with Crippen LogP contribution in [0.5, 0.6) is 0 Å². The first-order chi connectivity index (χ1) is 7.22. The molecule has 0 radical (unpaired) electrons. The zero-order valence-corrected chi connectivity index (χ0v) is 10.4. The lowest BCUT2D eigenvalue weighted by Crippen LogP contribution is -2.20. The average Bonchev–Trinajstić information content (AvgIpc) is 2.27. The monoisotopic (exact) mass is 320 g/mol. The van der Waals surface area contributed by atoms with Gasteiger partial charge in [0.05, 0.1) is 12.5 Å². The number of benzene rings is 1. The number of ether oxygens (including phenoxy) is 1. The third-order valence-corrected chi connectivity index (χ3v) is 2.82. The third-order valence-electron chi connectivity index (χ3n) is 1.81. The quantitative estimate of drug-likeness (QED) is 0.509. The van der Waals surface area contributed by atoms with Gasteiger partial charge in [-0.25, -0.2) is 0 Å². The van der Waals surface area contributed by atoms with Gasteiger partial charge < -0.3 is 9.84 Å². The Morgan fingerprint density at radius 2 is 2.07 bits per heavy atom. The lowest BCUT2D eigenvalue weighted by atomic mass is 10.2. The number of esters is 1. The molecular weight excluding hydrogens is 307 g/mol. The minimum absolute atomic E-state index is 0.0780. The smallest absolute Gasteiger partial charge is 0.310 e. The number of hydrogen-bond donors (Lipinski definition) is 1. The molecule has 3 nitrogen and oxygen atoms in total. The second-order valence-corrected chi connectivity index (χ2v) is 4.03. The summed E-state index contributed by atoms with van der Waals surface area (Å²) in [6.07, 6.45) is -0.306. The van der Waals surface area contributed by atoms with Crippen molar-refractivity contribution in [3.8, 4) is 0 Å². The van der Waals surface area contributed by atoms with Crippen LogP contribution in [0, 0.1) is 0 Å². The Kier molecular flexibility index (Phi) is 5.63. The number of halogens is 1. The van der Waals surface area contributed by atoms with Crippen LogP contribution in [-0.2, 0) is 16.0 Å². The van der Waals surface area contributed by atoms with Gasteiger partial charge in [-0.2, -0.15) is 0 Å². The van der Waals surface area contributed by atoms with E-state index in [0.29, 0.717) is 4.43 Å². The Morgan fingerprint density at radius 1 is 1.40 bits per heavy atom. The summed E-state index contributed by atoms with van der Waals surface area (Å²) in [5.74, 6) is -0.301. The number of aliphatic hydroxyl groups excluding tert-OH is 1. The molecule has 1 aromatic rings. The van der Waals surface area contributed by atoms with Crippen LogP contribution in [-0.4, -0.2) is 28.2 Å². The molecule has 0 aromatic heterocycles. The maximum atomic E-state index is 11.3. The molecule has 0 aliphatic heterocycles. The van der Waals surface area contributed by atoms with Crippen LogP contribution in [0.15, 0.2) is 30.3 Å². The predicted octanol–water partition coefficient (Wildman–Crippen LogP) is 1.57. The summed E-state index contributed by atoms with van der Waals surface area (Å²) in [7, 11) is 0. The number of carbonyl (C=O) groups excluding carboxylic acids is 1. The molecule has 0 saturated heterocycles. The molecule has 0 fully saturated rings. The van der Waals surface area contributed by atoms with E-state index in [-0.39, 0.29) is 19.0 Å². The molecule has 1 atom stereocenters. The van der Waals surface area contributed by atoms with Crippen LogP contribution >= 0.6 is 22.6 Å². The molecule has 4 heteroatoms. The molecule has 82 valence electrons. The highest BCUT2D eigenvalue weighted by molar-refractivity contribution is 14.1. The van der Waals surface area contributed by atoms with Gasteiger partial charge in [-0.1, -0.05) is 52.9 Å². The van der Waals surface area contributed by atoms with Crippen LogP contribution in [0.1, 0.15) is 5.56 Å². The van der Waals surface area contributed by atoms with Crippen LogP contribution in [0.3, 0.4) is 0 Å². The summed E-state index contributed by atoms with van der Waals surface area (Å²) in [6, 6.07) is 9.39. The van der Waals surface area contributed by atoms with Gasteiger partial charge in [0.15, 0.2) is 0 Å². The van der Waals surface area contributed by atoms with E-state index >= 15 is 0 Å². The van der Waals surface area contributed by atoms with Gasteiger partial charge in [0.2, 0.25) is 0 Å². The SMILES string of the molecule is O=C(Cc1ccccc1)OCC(O)CI. The molecule has 0 aliphatic rings. The highest BCUT2D eigenvalue weighted by atomic mass is 127. The summed E-state index contributed by atoms with van der Waals surface area (Å²) < 4.78 is 5.47. The predicted molar refractivity (Wildman–Crippen MR) is 66.0 cm³/mol. The first-order valence-electron chi connectivity index (χ1n) is 4.66. The number of carbonyl (C=O) groups is 1. The van der Waals surface area contributed by atoms with Crippen molar-refractivity contribution in [2.45, 2.75) is 12.5 Å². The molecule has 0 amide bonds. The first kappa shape index (κ1) is 12.4. The van der Waals surface area contributed by atoms with Crippen molar-refractivity contribution in [1.82, 2.24) is 0 Å². The van der Waals surface area contributed by atoms with E-state index in [0.717, 1.165) is 5.56 Å². The molecule has 1 rings (SSSR count). The fraction of sp³-hybridized carbons (Fsp3) is 0.364. The van der Waals surface area contributed by atoms with E-state index in [4.69, 9.17) is 4.74 Å². The summed E-state index contributed by atoms with van der Waals surface area (Å²) in [5, 5.41) is 9.19. The summed E-state index contributed by atoms with van der Waals surface area (Å²) in [5.41, 5.74) is 0.923. The van der Waals surface area contributed by atoms with Crippen molar-refractivity contribution in [3.63, 3.8) is 0 Å². The highest BCUT2D eigenvalue weighted by Gasteiger charge is 2.07. The van der Waals surface area contributed by atoms with Crippen LogP contribution in [0.25, 0.3) is 0 Å². The molecule has 1 aromatic carbocycles. The highest BCUT2D eigenvalue weighted by Crippen LogP contribution is 2.01. The van der Waals surface area contributed by atoms with E-state index in [2.05, 4.69) is 0 Å². The summed E-state index contributed by atoms with van der Waals surface area (Å²) in [6.45, 7) is 0.0780. The standard InChI is InChI=1S/C11H13IO3/c12-7-10(13)8-15-11(14)6-9-4-2-1-3-5-9/h1-5,10,13H,6-8H2. The van der Waals surface area contributed by atoms with Crippen molar-refractivity contribution >= 4 is 28.6 Å². The molecule has 0 aliphatic carbocycles. The zero-order chi connectivity index (χ0) is 11.1. The van der Waals surface area contributed by atoms with Crippen molar-refractivity contribution in [1.29, 1.82) is 0 Å². The van der Waals surface area contributed by atoms with E-state index in [1.165, 1.54) is 0 Å². The van der Waals surface area contributed by atoms with E-state index < -0.39 is 6.10 Å². The largest absolute Gasteiger partial charge is 0.463 e. The van der Waals surface area contributed by atoms with Crippen LogP contribution < -0.4 is 0 Å². The van der Waals surface area contributed by atoms with Gasteiger partial charge in [-0.3, -0.25) is 4.79 Å². The Labute approximate surface area is 103 Å². The Balaban J connectivity index is 2.31. The maximum absolute atomic E-state index is 11.3. The second kappa shape index (κ2) is 6.79. The maximum Gasteiger partial charge on any atom is 0.310 e. The van der Waals surface area contributed by atoms with Crippen molar-refractivity contribution in [2.24, 2.45) is 0 Å². The lowest BCUT2D eigenvalue weighted by Gasteiger charge is -2.08. The number of aliphatic hydroxyl groups is 1. The van der Waals surface area contributed by atoms with Crippen molar-refractivity contribution < 1.29 is 14.6 Å². The Bertz CT molecular complexity index is 300. The molecular formula is C11H13IO3.